The number of carbonyl (C=O) groups is 2. The predicted octanol–water partition coefficient (Wildman–Crippen LogP) is 2.54. The third-order valence-electron chi connectivity index (χ3n) is 2.12. The highest BCUT2D eigenvalue weighted by atomic mass is 16.1. The minimum absolute atomic E-state index is 0.107. The van der Waals surface area contributed by atoms with Crippen molar-refractivity contribution < 1.29 is 9.59 Å². The van der Waals surface area contributed by atoms with Crippen molar-refractivity contribution in [1.29, 1.82) is 0 Å². The molecule has 0 saturated carbocycles. The van der Waals surface area contributed by atoms with E-state index in [1.165, 1.54) is 6.92 Å². The molecule has 0 saturated heterocycles. The fourth-order valence-corrected chi connectivity index (χ4v) is 1.15. The van der Waals surface area contributed by atoms with Crippen molar-refractivity contribution in [2.24, 2.45) is 10.3 Å². The van der Waals surface area contributed by atoms with Crippen LogP contribution in [0.2, 0.25) is 0 Å². The minimum atomic E-state index is 0.107. The molecule has 96 valence electrons. The number of ketones is 2. The quantitative estimate of drug-likeness (QED) is 0.334. The molecule has 0 bridgehead atoms. The van der Waals surface area contributed by atoms with Crippen molar-refractivity contribution >= 4 is 11.6 Å². The van der Waals surface area contributed by atoms with Crippen LogP contribution in [0, 0.1) is 0 Å². The van der Waals surface area contributed by atoms with Crippen molar-refractivity contribution in [3.63, 3.8) is 0 Å². The molecule has 0 heterocycles. The molecule has 0 rings (SSSR count). The van der Waals surface area contributed by atoms with Crippen LogP contribution in [-0.4, -0.2) is 29.7 Å². The number of Topliss-reactive ketones (excluding diaryl/α,β-unsaturated/α-hetero) is 2. The molecule has 0 fully saturated rings. The van der Waals surface area contributed by atoms with Crippen LogP contribution in [-0.2, 0) is 9.59 Å². The van der Waals surface area contributed by atoms with Crippen LogP contribution in [0.5, 0.6) is 0 Å². The summed E-state index contributed by atoms with van der Waals surface area (Å²) in [6.45, 7) is 7.85. The predicted molar refractivity (Wildman–Crippen MR) is 66.5 cm³/mol. The largest absolute Gasteiger partial charge is 0.300 e. The number of carbonyl (C=O) groups excluding carboxylic acids is 2. The van der Waals surface area contributed by atoms with Crippen LogP contribution in [0.3, 0.4) is 0 Å². The molecular formula is C12H21N3O2. The Bertz CT molecular complexity index is 287. The first-order chi connectivity index (χ1) is 8.06. The second kappa shape index (κ2) is 9.69. The molecule has 0 aromatic heterocycles. The van der Waals surface area contributed by atoms with Gasteiger partial charge in [-0.3, -0.25) is 9.80 Å². The van der Waals surface area contributed by atoms with Crippen LogP contribution >= 0.6 is 0 Å². The van der Waals surface area contributed by atoms with Gasteiger partial charge in [0, 0.05) is 25.6 Å². The molecule has 0 aromatic carbocycles. The topological polar surface area (TPSA) is 62.1 Å². The highest BCUT2D eigenvalue weighted by molar-refractivity contribution is 5.75. The van der Waals surface area contributed by atoms with Gasteiger partial charge in [-0.1, -0.05) is 11.8 Å². The van der Waals surface area contributed by atoms with E-state index in [1.54, 1.807) is 18.1 Å². The van der Waals surface area contributed by atoms with E-state index in [0.717, 1.165) is 12.8 Å². The molecule has 0 radical (unpaired) electrons. The Morgan fingerprint density at radius 3 is 2.35 bits per heavy atom. The van der Waals surface area contributed by atoms with Gasteiger partial charge in [-0.2, -0.15) is 5.11 Å². The summed E-state index contributed by atoms with van der Waals surface area (Å²) in [5.41, 5.74) is 0. The lowest BCUT2D eigenvalue weighted by atomic mass is 10.2. The van der Waals surface area contributed by atoms with Gasteiger partial charge in [0.15, 0.2) is 0 Å². The highest BCUT2D eigenvalue weighted by Gasteiger charge is 1.98. The number of nitrogens with zero attached hydrogens (tertiary/aromatic N) is 3. The molecule has 0 atom stereocenters. The zero-order valence-corrected chi connectivity index (χ0v) is 10.7. The minimum Gasteiger partial charge on any atom is -0.300 e. The number of hydrogen-bond acceptors (Lipinski definition) is 4. The van der Waals surface area contributed by atoms with Crippen LogP contribution in [0.15, 0.2) is 23.1 Å². The van der Waals surface area contributed by atoms with Gasteiger partial charge in [0.1, 0.15) is 11.6 Å². The van der Waals surface area contributed by atoms with E-state index in [2.05, 4.69) is 16.9 Å². The molecule has 5 heteroatoms. The summed E-state index contributed by atoms with van der Waals surface area (Å²) in [6.07, 6.45) is 4.33. The average molecular weight is 239 g/mol. The lowest BCUT2D eigenvalue weighted by Crippen LogP contribution is -2.11. The summed E-state index contributed by atoms with van der Waals surface area (Å²) in [4.78, 5) is 21.4. The standard InChI is InChI=1S/C12H21N3O2/c1-4-15(10-6-5-7-11(2)16)14-13-9-8-12(3)17/h4H,1,5-10H2,2-3H3/b14-13-. The molecule has 5 nitrogen and oxygen atoms in total. The summed E-state index contributed by atoms with van der Waals surface area (Å²) in [5.74, 6) is 0.314. The van der Waals surface area contributed by atoms with E-state index in [-0.39, 0.29) is 11.6 Å². The molecule has 0 N–H and O–H groups in total. The van der Waals surface area contributed by atoms with Gasteiger partial charge < -0.3 is 4.79 Å². The fourth-order valence-electron chi connectivity index (χ4n) is 1.15. The number of unbranched alkanes of at least 4 members (excludes halogenated alkanes) is 1. The third kappa shape index (κ3) is 10.8. The van der Waals surface area contributed by atoms with Crippen molar-refractivity contribution in [1.82, 2.24) is 5.01 Å². The first kappa shape index (κ1) is 15.5. The van der Waals surface area contributed by atoms with Gasteiger partial charge in [0.2, 0.25) is 0 Å². The Labute approximate surface area is 103 Å². The van der Waals surface area contributed by atoms with E-state index in [4.69, 9.17) is 0 Å². The van der Waals surface area contributed by atoms with Gasteiger partial charge in [-0.05, 0) is 26.7 Å². The Morgan fingerprint density at radius 2 is 1.82 bits per heavy atom. The Hall–Kier alpha value is -1.52. The zero-order chi connectivity index (χ0) is 13.1. The zero-order valence-electron chi connectivity index (χ0n) is 10.7. The lowest BCUT2D eigenvalue weighted by molar-refractivity contribution is -0.117. The van der Waals surface area contributed by atoms with Gasteiger partial charge in [-0.15, -0.1) is 0 Å². The third-order valence-corrected chi connectivity index (χ3v) is 2.12. The summed E-state index contributed by atoms with van der Waals surface area (Å²) < 4.78 is 0. The summed E-state index contributed by atoms with van der Waals surface area (Å²) in [7, 11) is 0. The van der Waals surface area contributed by atoms with Crippen LogP contribution in [0.1, 0.15) is 39.5 Å². The molecule has 0 spiro atoms. The highest BCUT2D eigenvalue weighted by Crippen LogP contribution is 2.01. The van der Waals surface area contributed by atoms with Gasteiger partial charge in [0.05, 0.1) is 6.54 Å². The second-order valence-corrected chi connectivity index (χ2v) is 3.91. The average Bonchev–Trinajstić information content (AvgIpc) is 2.26. The molecule has 0 aliphatic heterocycles. The molecule has 0 aliphatic carbocycles. The van der Waals surface area contributed by atoms with E-state index in [1.807, 2.05) is 0 Å². The molecule has 0 aliphatic rings. The molecule has 0 amide bonds. The van der Waals surface area contributed by atoms with Gasteiger partial charge >= 0.3 is 0 Å². The summed E-state index contributed by atoms with van der Waals surface area (Å²) in [6, 6.07) is 0. The van der Waals surface area contributed by atoms with E-state index in [9.17, 15) is 9.59 Å². The second-order valence-electron chi connectivity index (χ2n) is 3.91. The van der Waals surface area contributed by atoms with E-state index >= 15 is 0 Å². The van der Waals surface area contributed by atoms with Crippen molar-refractivity contribution in [3.8, 4) is 0 Å². The molecule has 0 aromatic rings. The van der Waals surface area contributed by atoms with Crippen molar-refractivity contribution in [2.75, 3.05) is 13.1 Å². The summed E-state index contributed by atoms with van der Waals surface area (Å²) in [5, 5.41) is 9.45. The lowest BCUT2D eigenvalue weighted by Gasteiger charge is -2.11. The van der Waals surface area contributed by atoms with Crippen molar-refractivity contribution in [2.45, 2.75) is 39.5 Å². The SMILES string of the molecule is C=CN(CCCCC(C)=O)/N=N\CCC(C)=O. The number of rotatable bonds is 10. The van der Waals surface area contributed by atoms with Gasteiger partial charge in [0.25, 0.3) is 0 Å². The Balaban J connectivity index is 3.72. The Kier molecular flexibility index (Phi) is 8.82. The van der Waals surface area contributed by atoms with Crippen molar-refractivity contribution in [3.05, 3.63) is 12.8 Å². The number of hydrogen-bond donors (Lipinski definition) is 0. The maximum atomic E-state index is 10.7. The maximum absolute atomic E-state index is 10.7. The van der Waals surface area contributed by atoms with Crippen LogP contribution < -0.4 is 0 Å². The first-order valence-electron chi connectivity index (χ1n) is 5.81. The molecule has 0 unspecified atom stereocenters. The van der Waals surface area contributed by atoms with Gasteiger partial charge in [-0.25, -0.2) is 0 Å². The monoisotopic (exact) mass is 239 g/mol. The Morgan fingerprint density at radius 1 is 1.18 bits per heavy atom. The molecular weight excluding hydrogens is 218 g/mol. The van der Waals surface area contributed by atoms with Crippen LogP contribution in [0.25, 0.3) is 0 Å². The smallest absolute Gasteiger partial charge is 0.131 e. The summed E-state index contributed by atoms with van der Waals surface area (Å²) >= 11 is 0. The van der Waals surface area contributed by atoms with E-state index in [0.29, 0.717) is 25.9 Å². The van der Waals surface area contributed by atoms with Crippen LogP contribution in [0.4, 0.5) is 0 Å². The maximum Gasteiger partial charge on any atom is 0.131 e. The normalized spacial score (nSPS) is 10.5. The van der Waals surface area contributed by atoms with E-state index < -0.39 is 0 Å². The molecule has 17 heavy (non-hydrogen) atoms. The fraction of sp³-hybridized carbons (Fsp3) is 0.667. The first-order valence-corrected chi connectivity index (χ1v) is 5.81.